The molecular weight excluding hydrogens is 407 g/mol. The minimum atomic E-state index is -1.04. The van der Waals surface area contributed by atoms with E-state index in [1.165, 1.54) is 13.3 Å². The molecule has 172 valence electrons. The first kappa shape index (κ1) is 23.3. The van der Waals surface area contributed by atoms with Crippen LogP contribution in [0.25, 0.3) is 0 Å². The van der Waals surface area contributed by atoms with Crippen LogP contribution in [0.2, 0.25) is 0 Å². The van der Waals surface area contributed by atoms with Gasteiger partial charge in [0.1, 0.15) is 17.6 Å². The Morgan fingerprint density at radius 1 is 1.23 bits per heavy atom. The molecule has 1 unspecified atom stereocenters. The average molecular weight is 439 g/mol. The Balaban J connectivity index is 1.63. The van der Waals surface area contributed by atoms with Gasteiger partial charge in [0.15, 0.2) is 0 Å². The first-order chi connectivity index (χ1) is 14.9. The summed E-state index contributed by atoms with van der Waals surface area (Å²) in [6.45, 7) is 0.230. The highest BCUT2D eigenvalue weighted by atomic mass is 19.1. The number of anilines is 1. The van der Waals surface area contributed by atoms with Gasteiger partial charge in [0.25, 0.3) is 0 Å². The molecule has 1 saturated carbocycles. The number of carbonyl (C=O) groups is 2. The third kappa shape index (κ3) is 6.10. The molecule has 1 amide bonds. The van der Waals surface area contributed by atoms with Crippen LogP contribution in [0, 0.1) is 11.8 Å². The van der Waals surface area contributed by atoms with Gasteiger partial charge in [-0.05, 0) is 25.7 Å². The molecular formula is C20H31FN6O4. The molecule has 1 saturated heterocycles. The van der Waals surface area contributed by atoms with Crippen molar-refractivity contribution in [3.8, 4) is 5.75 Å². The van der Waals surface area contributed by atoms with Crippen LogP contribution in [0.1, 0.15) is 25.7 Å². The van der Waals surface area contributed by atoms with Crippen LogP contribution in [0.5, 0.6) is 5.75 Å². The molecule has 0 spiro atoms. The summed E-state index contributed by atoms with van der Waals surface area (Å²) < 4.78 is 24.3. The lowest BCUT2D eigenvalue weighted by Crippen LogP contribution is -2.64. The Morgan fingerprint density at radius 3 is 2.52 bits per heavy atom. The van der Waals surface area contributed by atoms with Crippen molar-refractivity contribution in [3.63, 3.8) is 0 Å². The van der Waals surface area contributed by atoms with E-state index in [9.17, 15) is 14.0 Å². The van der Waals surface area contributed by atoms with E-state index < -0.39 is 30.3 Å². The first-order valence-corrected chi connectivity index (χ1v) is 10.5. The van der Waals surface area contributed by atoms with Crippen molar-refractivity contribution < 1.29 is 23.5 Å². The lowest BCUT2D eigenvalue weighted by atomic mass is 9.87. The molecule has 0 aromatic carbocycles. The van der Waals surface area contributed by atoms with Crippen LogP contribution in [-0.2, 0) is 14.3 Å². The van der Waals surface area contributed by atoms with E-state index in [0.717, 1.165) is 0 Å². The summed E-state index contributed by atoms with van der Waals surface area (Å²) in [5.74, 6) is -1.08. The molecule has 2 fully saturated rings. The number of esters is 1. The minimum Gasteiger partial charge on any atom is -0.488 e. The number of methoxy groups -OCH3 is 1. The number of hydrogen-bond donors (Lipinski definition) is 5. The van der Waals surface area contributed by atoms with Crippen molar-refractivity contribution in [2.24, 2.45) is 23.3 Å². The van der Waals surface area contributed by atoms with Gasteiger partial charge in [-0.2, -0.15) is 0 Å². The molecule has 10 nitrogen and oxygen atoms in total. The topological polar surface area (TPSA) is 154 Å². The quantitative estimate of drug-likeness (QED) is 0.289. The zero-order valence-corrected chi connectivity index (χ0v) is 17.6. The van der Waals surface area contributed by atoms with Gasteiger partial charge in [-0.1, -0.05) is 0 Å². The number of nitrogens with one attached hydrogen (secondary N) is 3. The largest absolute Gasteiger partial charge is 0.488 e. The Bertz CT molecular complexity index is 751. The van der Waals surface area contributed by atoms with Crippen LogP contribution in [0.4, 0.5) is 10.1 Å². The monoisotopic (exact) mass is 438 g/mol. The predicted molar refractivity (Wildman–Crippen MR) is 112 cm³/mol. The average Bonchev–Trinajstić information content (AvgIpc) is 2.76. The standard InChI is InChI=1S/C20H31FN6O4/c1-30-20(29)11-2-4-13(5-3-11)31-15-6-7-24-10-14(15)27-19(28)16(17(22)23)18-25-8-12(21)9-26-18/h6-7,10-13,16-18,25-26H,2-5,8-9,22-23H2,1H3,(H,27,28). The fourth-order valence-corrected chi connectivity index (χ4v) is 4.01. The SMILES string of the molecule is COC(=O)C1CCC(Oc2ccncc2NC(=O)C(C(N)N)C2NCC(F)CN2)CC1. The number of pyridine rings is 1. The van der Waals surface area contributed by atoms with Gasteiger partial charge in [0.2, 0.25) is 5.91 Å². The molecule has 0 radical (unpaired) electrons. The van der Waals surface area contributed by atoms with Gasteiger partial charge >= 0.3 is 5.97 Å². The fourth-order valence-electron chi connectivity index (χ4n) is 4.01. The van der Waals surface area contributed by atoms with Crippen LogP contribution in [0.3, 0.4) is 0 Å². The van der Waals surface area contributed by atoms with E-state index in [2.05, 4.69) is 20.9 Å². The van der Waals surface area contributed by atoms with E-state index in [-0.39, 0.29) is 31.1 Å². The van der Waals surface area contributed by atoms with Gasteiger partial charge in [0.05, 0.1) is 43.6 Å². The smallest absolute Gasteiger partial charge is 0.308 e. The number of alkyl halides is 1. The van der Waals surface area contributed by atoms with Crippen molar-refractivity contribution in [3.05, 3.63) is 18.5 Å². The number of ether oxygens (including phenoxy) is 2. The second-order valence-electron chi connectivity index (χ2n) is 7.97. The fraction of sp³-hybridized carbons (Fsp3) is 0.650. The summed E-state index contributed by atoms with van der Waals surface area (Å²) in [5, 5.41) is 8.64. The van der Waals surface area contributed by atoms with Crippen LogP contribution >= 0.6 is 0 Å². The van der Waals surface area contributed by atoms with Crippen molar-refractivity contribution >= 4 is 17.6 Å². The van der Waals surface area contributed by atoms with Gasteiger partial charge < -0.3 is 26.3 Å². The molecule has 1 aliphatic heterocycles. The Labute approximate surface area is 180 Å². The summed E-state index contributed by atoms with van der Waals surface area (Å²) in [7, 11) is 1.39. The zero-order valence-electron chi connectivity index (χ0n) is 17.6. The molecule has 3 rings (SSSR count). The molecule has 2 heterocycles. The van der Waals surface area contributed by atoms with Gasteiger partial charge in [0, 0.05) is 25.4 Å². The van der Waals surface area contributed by atoms with Gasteiger partial charge in [-0.25, -0.2) is 4.39 Å². The Morgan fingerprint density at radius 2 is 1.90 bits per heavy atom. The number of nitrogens with two attached hydrogens (primary N) is 2. The minimum absolute atomic E-state index is 0.0883. The highest BCUT2D eigenvalue weighted by Gasteiger charge is 2.35. The normalized spacial score (nSPS) is 27.4. The van der Waals surface area contributed by atoms with E-state index in [4.69, 9.17) is 20.9 Å². The zero-order chi connectivity index (χ0) is 22.4. The van der Waals surface area contributed by atoms with Gasteiger partial charge in [-0.3, -0.25) is 25.2 Å². The summed E-state index contributed by atoms with van der Waals surface area (Å²) in [5.41, 5.74) is 12.1. The molecule has 1 aromatic rings. The Kier molecular flexibility index (Phi) is 8.13. The van der Waals surface area contributed by atoms with Crippen LogP contribution < -0.4 is 32.2 Å². The maximum Gasteiger partial charge on any atom is 0.308 e. The van der Waals surface area contributed by atoms with Crippen molar-refractivity contribution in [2.75, 3.05) is 25.5 Å². The predicted octanol–water partition coefficient (Wildman–Crippen LogP) is -0.153. The third-order valence-electron chi connectivity index (χ3n) is 5.74. The second-order valence-corrected chi connectivity index (χ2v) is 7.97. The van der Waals surface area contributed by atoms with E-state index >= 15 is 0 Å². The first-order valence-electron chi connectivity index (χ1n) is 10.5. The highest BCUT2D eigenvalue weighted by molar-refractivity contribution is 5.94. The molecule has 0 bridgehead atoms. The number of hydrogen-bond acceptors (Lipinski definition) is 9. The molecule has 7 N–H and O–H groups in total. The van der Waals surface area contributed by atoms with Crippen LogP contribution in [0.15, 0.2) is 18.5 Å². The van der Waals surface area contributed by atoms with E-state index in [1.54, 1.807) is 12.3 Å². The number of amides is 1. The lowest BCUT2D eigenvalue weighted by Gasteiger charge is -2.34. The highest BCUT2D eigenvalue weighted by Crippen LogP contribution is 2.31. The summed E-state index contributed by atoms with van der Waals surface area (Å²) in [4.78, 5) is 28.7. The van der Waals surface area contributed by atoms with Gasteiger partial charge in [-0.15, -0.1) is 0 Å². The molecule has 2 aliphatic rings. The summed E-state index contributed by atoms with van der Waals surface area (Å²) in [6, 6.07) is 1.67. The number of aromatic nitrogens is 1. The molecule has 1 aromatic heterocycles. The van der Waals surface area contributed by atoms with E-state index in [0.29, 0.717) is 37.1 Å². The second kappa shape index (κ2) is 10.8. The maximum atomic E-state index is 13.4. The number of halogens is 1. The van der Waals surface area contributed by atoms with Crippen LogP contribution in [-0.4, -0.2) is 61.7 Å². The molecule has 11 heteroatoms. The molecule has 1 atom stereocenters. The van der Waals surface area contributed by atoms with Crippen molar-refractivity contribution in [2.45, 2.75) is 50.3 Å². The lowest BCUT2D eigenvalue weighted by molar-refractivity contribution is -0.147. The molecule has 31 heavy (non-hydrogen) atoms. The summed E-state index contributed by atoms with van der Waals surface area (Å²) >= 11 is 0. The summed E-state index contributed by atoms with van der Waals surface area (Å²) in [6.07, 6.45) is 3.19. The Hall–Kier alpha value is -2.34. The third-order valence-corrected chi connectivity index (χ3v) is 5.74. The van der Waals surface area contributed by atoms with Crippen molar-refractivity contribution in [1.29, 1.82) is 0 Å². The number of carbonyl (C=O) groups excluding carboxylic acids is 2. The van der Waals surface area contributed by atoms with E-state index in [1.807, 2.05) is 0 Å². The number of nitrogens with zero attached hydrogens (tertiary/aromatic N) is 1. The molecule has 1 aliphatic carbocycles. The maximum absolute atomic E-state index is 13.4. The van der Waals surface area contributed by atoms with Crippen molar-refractivity contribution in [1.82, 2.24) is 15.6 Å². The number of rotatable bonds is 7.